The maximum Gasteiger partial charge on any atom is 0.416 e. The number of rotatable bonds is 6. The van der Waals surface area contributed by atoms with Crippen LogP contribution >= 0.6 is 0 Å². The zero-order chi connectivity index (χ0) is 22.7. The zero-order valence-corrected chi connectivity index (χ0v) is 17.0. The molecule has 2 aromatic rings. The normalized spacial score (nSPS) is 14.1. The van der Waals surface area contributed by atoms with E-state index in [0.717, 1.165) is 35.4 Å². The summed E-state index contributed by atoms with van der Waals surface area (Å²) in [6.07, 6.45) is -6.14. The van der Waals surface area contributed by atoms with Gasteiger partial charge in [-0.05, 0) is 34.2 Å². The summed E-state index contributed by atoms with van der Waals surface area (Å²) in [6, 6.07) is 9.99. The van der Waals surface area contributed by atoms with E-state index in [4.69, 9.17) is 5.73 Å². The van der Waals surface area contributed by atoms with Gasteiger partial charge in [0.1, 0.15) is 6.04 Å². The Labute approximate surface area is 173 Å². The second-order valence-corrected chi connectivity index (χ2v) is 8.14. The number of nitrogens with one attached hydrogen (secondary N) is 1. The third kappa shape index (κ3) is 6.06. The number of hydrogen-bond acceptors (Lipinski definition) is 3. The summed E-state index contributed by atoms with van der Waals surface area (Å²) in [5.41, 5.74) is 6.27. The third-order valence-corrected chi connectivity index (χ3v) is 4.72. The lowest BCUT2D eigenvalue weighted by molar-refractivity contribution is -0.137. The maximum atomic E-state index is 12.6. The fourth-order valence-electron chi connectivity index (χ4n) is 2.86. The summed E-state index contributed by atoms with van der Waals surface area (Å²) < 4.78 is 37.9. The number of carbonyl (C=O) groups excluding carboxylic acids is 2. The van der Waals surface area contributed by atoms with E-state index in [1.54, 1.807) is 0 Å². The van der Waals surface area contributed by atoms with Crippen LogP contribution in [-0.2, 0) is 27.6 Å². The Kier molecular flexibility index (Phi) is 6.92. The average molecular weight is 422 g/mol. The topological polar surface area (TPSA) is 92.4 Å². The van der Waals surface area contributed by atoms with Crippen LogP contribution in [0.2, 0.25) is 0 Å². The average Bonchev–Trinajstić information content (AvgIpc) is 2.65. The van der Waals surface area contributed by atoms with Crippen molar-refractivity contribution in [3.8, 4) is 0 Å². The maximum absolute atomic E-state index is 12.6. The summed E-state index contributed by atoms with van der Waals surface area (Å²) in [6.45, 7) is 6.20. The van der Waals surface area contributed by atoms with Gasteiger partial charge in [-0.15, -0.1) is 0 Å². The van der Waals surface area contributed by atoms with Gasteiger partial charge in [0.2, 0.25) is 5.91 Å². The molecule has 0 saturated carbocycles. The number of alkyl halides is 3. The van der Waals surface area contributed by atoms with Crippen LogP contribution in [0.25, 0.3) is 0 Å². The highest BCUT2D eigenvalue weighted by Gasteiger charge is 2.31. The Morgan fingerprint density at radius 2 is 1.47 bits per heavy atom. The lowest BCUT2D eigenvalue weighted by atomic mass is 9.86. The molecule has 4 N–H and O–H groups in total. The number of hydrogen-bond donors (Lipinski definition) is 3. The van der Waals surface area contributed by atoms with Gasteiger partial charge in [0.05, 0.1) is 5.56 Å². The number of amides is 2. The van der Waals surface area contributed by atoms with E-state index in [1.807, 2.05) is 24.3 Å². The summed E-state index contributed by atoms with van der Waals surface area (Å²) in [5, 5.41) is 12.5. The van der Waals surface area contributed by atoms with Crippen molar-refractivity contribution in [3.63, 3.8) is 0 Å². The first-order valence-electron chi connectivity index (χ1n) is 9.33. The highest BCUT2D eigenvalue weighted by atomic mass is 19.4. The Bertz CT molecular complexity index is 886. The van der Waals surface area contributed by atoms with Gasteiger partial charge in [-0.25, -0.2) is 0 Å². The number of aliphatic hydroxyl groups excluding tert-OH is 1. The second kappa shape index (κ2) is 8.87. The number of aliphatic hydroxyl groups is 1. The monoisotopic (exact) mass is 422 g/mol. The van der Waals surface area contributed by atoms with Crippen molar-refractivity contribution in [2.45, 2.75) is 50.9 Å². The van der Waals surface area contributed by atoms with Crippen LogP contribution in [0.15, 0.2) is 48.5 Å². The fraction of sp³-hybridized carbons (Fsp3) is 0.364. The molecule has 30 heavy (non-hydrogen) atoms. The third-order valence-electron chi connectivity index (χ3n) is 4.72. The molecule has 0 aliphatic rings. The molecule has 2 rings (SSSR count). The fourth-order valence-corrected chi connectivity index (χ4v) is 2.86. The summed E-state index contributed by atoms with van der Waals surface area (Å²) in [4.78, 5) is 24.1. The van der Waals surface area contributed by atoms with Gasteiger partial charge in [0, 0.05) is 6.42 Å². The van der Waals surface area contributed by atoms with E-state index >= 15 is 0 Å². The Hall–Kier alpha value is -2.87. The predicted octanol–water partition coefficient (Wildman–Crippen LogP) is 3.25. The minimum absolute atomic E-state index is 0.0294. The molecule has 0 aromatic heterocycles. The number of halogens is 3. The van der Waals surface area contributed by atoms with Gasteiger partial charge in [0.15, 0.2) is 6.10 Å². The first-order valence-corrected chi connectivity index (χ1v) is 9.33. The Morgan fingerprint density at radius 1 is 0.967 bits per heavy atom. The Balaban J connectivity index is 2.08. The molecule has 0 radical (unpaired) electrons. The van der Waals surface area contributed by atoms with Crippen LogP contribution in [0.1, 0.15) is 49.1 Å². The molecule has 2 amide bonds. The minimum atomic E-state index is -4.52. The Morgan fingerprint density at radius 3 is 1.90 bits per heavy atom. The first kappa shape index (κ1) is 23.4. The largest absolute Gasteiger partial charge is 0.416 e. The molecule has 0 aliphatic heterocycles. The van der Waals surface area contributed by atoms with Gasteiger partial charge >= 0.3 is 6.18 Å². The minimum Gasteiger partial charge on any atom is -0.378 e. The van der Waals surface area contributed by atoms with Crippen molar-refractivity contribution in [3.05, 3.63) is 70.8 Å². The number of nitrogens with two attached hydrogens (primary N) is 1. The van der Waals surface area contributed by atoms with E-state index in [2.05, 4.69) is 26.1 Å². The van der Waals surface area contributed by atoms with Crippen molar-refractivity contribution in [2.75, 3.05) is 0 Å². The highest BCUT2D eigenvalue weighted by Crippen LogP contribution is 2.30. The smallest absolute Gasteiger partial charge is 0.378 e. The predicted molar refractivity (Wildman–Crippen MR) is 106 cm³/mol. The summed E-state index contributed by atoms with van der Waals surface area (Å²) in [7, 11) is 0. The molecule has 0 bridgehead atoms. The lowest BCUT2D eigenvalue weighted by Crippen LogP contribution is -2.47. The highest BCUT2D eigenvalue weighted by molar-refractivity contribution is 5.89. The quantitative estimate of drug-likeness (QED) is 0.667. The van der Waals surface area contributed by atoms with E-state index in [-0.39, 0.29) is 17.4 Å². The van der Waals surface area contributed by atoms with E-state index in [1.165, 1.54) is 0 Å². The number of primary amides is 1. The summed E-state index contributed by atoms with van der Waals surface area (Å²) >= 11 is 0. The van der Waals surface area contributed by atoms with Gasteiger partial charge in [-0.2, -0.15) is 13.2 Å². The molecule has 0 unspecified atom stereocenters. The second-order valence-electron chi connectivity index (χ2n) is 8.14. The van der Waals surface area contributed by atoms with Crippen LogP contribution in [-0.4, -0.2) is 23.0 Å². The van der Waals surface area contributed by atoms with Crippen molar-refractivity contribution in [1.82, 2.24) is 5.32 Å². The van der Waals surface area contributed by atoms with E-state index in [9.17, 15) is 27.9 Å². The molecular formula is C22H25F3N2O3. The molecule has 8 heteroatoms. The summed E-state index contributed by atoms with van der Waals surface area (Å²) in [5.74, 6) is -1.72. The van der Waals surface area contributed by atoms with Crippen LogP contribution in [0.3, 0.4) is 0 Å². The first-order chi connectivity index (χ1) is 13.8. The number of carbonyl (C=O) groups is 2. The van der Waals surface area contributed by atoms with Crippen LogP contribution < -0.4 is 11.1 Å². The van der Waals surface area contributed by atoms with E-state index in [0.29, 0.717) is 0 Å². The molecule has 162 valence electrons. The molecule has 0 saturated heterocycles. The van der Waals surface area contributed by atoms with Gasteiger partial charge in [0.25, 0.3) is 5.91 Å². The lowest BCUT2D eigenvalue weighted by Gasteiger charge is -2.21. The van der Waals surface area contributed by atoms with Crippen LogP contribution in [0.5, 0.6) is 0 Å². The van der Waals surface area contributed by atoms with Crippen molar-refractivity contribution in [1.29, 1.82) is 0 Å². The van der Waals surface area contributed by atoms with Crippen molar-refractivity contribution < 1.29 is 27.9 Å². The molecule has 2 atom stereocenters. The van der Waals surface area contributed by atoms with Gasteiger partial charge < -0.3 is 16.2 Å². The zero-order valence-electron chi connectivity index (χ0n) is 17.0. The molecule has 0 heterocycles. The van der Waals surface area contributed by atoms with Crippen molar-refractivity contribution >= 4 is 11.8 Å². The standard InChI is InChI=1S/C22H25F3N2O3/c1-21(2,3)15-8-4-13(5-9-15)12-17(19(26)29)27-20(30)18(28)14-6-10-16(11-7-14)22(23,24)25/h4-11,17-18,28H,12H2,1-3H3,(H2,26,29)(H,27,30)/t17-,18-/m0/s1. The SMILES string of the molecule is CC(C)(C)c1ccc(C[C@H](NC(=O)[C@@H](O)c2ccc(C(F)(F)F)cc2)C(N)=O)cc1. The van der Waals surface area contributed by atoms with Crippen LogP contribution in [0.4, 0.5) is 13.2 Å². The molecule has 0 aliphatic carbocycles. The van der Waals surface area contributed by atoms with E-state index < -0.39 is 35.7 Å². The molecule has 0 fully saturated rings. The van der Waals surface area contributed by atoms with Gasteiger partial charge in [-0.1, -0.05) is 57.2 Å². The van der Waals surface area contributed by atoms with Crippen molar-refractivity contribution in [2.24, 2.45) is 5.73 Å². The molecule has 5 nitrogen and oxygen atoms in total. The molecule has 2 aromatic carbocycles. The van der Waals surface area contributed by atoms with Gasteiger partial charge in [-0.3, -0.25) is 9.59 Å². The van der Waals surface area contributed by atoms with Crippen LogP contribution in [0, 0.1) is 0 Å². The molecule has 0 spiro atoms. The number of benzene rings is 2. The molecular weight excluding hydrogens is 397 g/mol.